The summed E-state index contributed by atoms with van der Waals surface area (Å²) in [7, 11) is 0. The van der Waals surface area contributed by atoms with Crippen LogP contribution in [0.3, 0.4) is 0 Å². The zero-order valence-corrected chi connectivity index (χ0v) is 11.5. The lowest BCUT2D eigenvalue weighted by molar-refractivity contribution is 0.104. The first-order valence-electron chi connectivity index (χ1n) is 5.21. The number of benzene rings is 1. The number of hydrogen-bond acceptors (Lipinski definition) is 2. The van der Waals surface area contributed by atoms with Crippen molar-refractivity contribution in [3.05, 3.63) is 63.9 Å². The summed E-state index contributed by atoms with van der Waals surface area (Å²) in [6, 6.07) is 11.4. The van der Waals surface area contributed by atoms with E-state index in [0.717, 1.165) is 15.8 Å². The Morgan fingerprint density at radius 1 is 1.24 bits per heavy atom. The number of hydrogen-bond donors (Lipinski definition) is 0. The molecule has 0 fully saturated rings. The molecule has 1 aromatic heterocycles. The number of allylic oxidation sites excluding steroid dienone is 1. The summed E-state index contributed by atoms with van der Waals surface area (Å²) >= 11 is 5.07. The molecule has 2 rings (SSSR count). The molecule has 1 heterocycles. The molecular formula is C14H11BrOS. The maximum Gasteiger partial charge on any atom is 0.185 e. The summed E-state index contributed by atoms with van der Waals surface area (Å²) < 4.78 is 0. The van der Waals surface area contributed by atoms with Gasteiger partial charge in [-0.1, -0.05) is 46.3 Å². The van der Waals surface area contributed by atoms with E-state index in [1.165, 1.54) is 5.56 Å². The average Bonchev–Trinajstić information content (AvgIpc) is 2.84. The van der Waals surface area contributed by atoms with E-state index in [4.69, 9.17) is 0 Å². The Bertz CT molecular complexity index is 528. The van der Waals surface area contributed by atoms with Crippen LogP contribution in [0.1, 0.15) is 20.8 Å². The second-order valence-corrected chi connectivity index (χ2v) is 5.02. The Kier molecular flexibility index (Phi) is 4.29. The summed E-state index contributed by atoms with van der Waals surface area (Å²) in [5.74, 6) is 0.0412. The molecule has 0 bridgehead atoms. The maximum atomic E-state index is 11.8. The minimum absolute atomic E-state index is 0.0412. The Hall–Kier alpha value is -1.19. The summed E-state index contributed by atoms with van der Waals surface area (Å²) in [5.41, 5.74) is 1.94. The Morgan fingerprint density at radius 2 is 2.00 bits per heavy atom. The highest BCUT2D eigenvalue weighted by Crippen LogP contribution is 2.21. The first-order valence-corrected chi connectivity index (χ1v) is 7.21. The molecule has 0 saturated heterocycles. The van der Waals surface area contributed by atoms with Gasteiger partial charge in [0.25, 0.3) is 0 Å². The number of carbonyl (C=O) groups excluding carboxylic acids is 1. The molecule has 1 nitrogen and oxygen atoms in total. The summed E-state index contributed by atoms with van der Waals surface area (Å²) in [6.07, 6.45) is 3.52. The molecule has 3 heteroatoms. The molecule has 2 aromatic rings. The lowest BCUT2D eigenvalue weighted by atomic mass is 10.1. The van der Waals surface area contributed by atoms with E-state index in [-0.39, 0.29) is 5.78 Å². The van der Waals surface area contributed by atoms with Crippen LogP contribution in [0.4, 0.5) is 0 Å². The van der Waals surface area contributed by atoms with Gasteiger partial charge >= 0.3 is 0 Å². The number of ketones is 1. The van der Waals surface area contributed by atoms with Crippen LogP contribution in [0.25, 0.3) is 6.08 Å². The van der Waals surface area contributed by atoms with E-state index in [0.29, 0.717) is 0 Å². The van der Waals surface area contributed by atoms with E-state index in [9.17, 15) is 4.79 Å². The molecule has 0 atom stereocenters. The number of thiophene rings is 1. The van der Waals surface area contributed by atoms with Crippen molar-refractivity contribution >= 4 is 39.1 Å². The number of rotatable bonds is 4. The average molecular weight is 307 g/mol. The molecule has 0 amide bonds. The Morgan fingerprint density at radius 3 is 2.71 bits per heavy atom. The molecule has 0 N–H and O–H groups in total. The van der Waals surface area contributed by atoms with Crippen molar-refractivity contribution in [2.75, 3.05) is 0 Å². The number of carbonyl (C=O) groups is 1. The molecule has 0 radical (unpaired) electrons. The van der Waals surface area contributed by atoms with Crippen molar-refractivity contribution in [3.63, 3.8) is 0 Å². The van der Waals surface area contributed by atoms with E-state index in [2.05, 4.69) is 22.0 Å². The molecule has 0 saturated carbocycles. The molecule has 0 unspecified atom stereocenters. The molecule has 0 aliphatic rings. The third-order valence-corrected chi connectivity index (χ3v) is 3.90. The van der Waals surface area contributed by atoms with Crippen molar-refractivity contribution in [1.29, 1.82) is 0 Å². The van der Waals surface area contributed by atoms with E-state index in [1.54, 1.807) is 17.4 Å². The fraction of sp³-hybridized carbons (Fsp3) is 0.0714. The van der Waals surface area contributed by atoms with Gasteiger partial charge in [0.2, 0.25) is 0 Å². The van der Waals surface area contributed by atoms with Crippen LogP contribution in [0.2, 0.25) is 0 Å². The molecular weight excluding hydrogens is 296 g/mol. The van der Waals surface area contributed by atoms with Crippen molar-refractivity contribution in [3.8, 4) is 0 Å². The molecule has 1 aromatic carbocycles. The summed E-state index contributed by atoms with van der Waals surface area (Å²) in [4.78, 5) is 13.0. The van der Waals surface area contributed by atoms with Gasteiger partial charge in [-0.2, -0.15) is 0 Å². The predicted octanol–water partition coefficient (Wildman–Crippen LogP) is 4.54. The number of halogens is 1. The van der Waals surface area contributed by atoms with Gasteiger partial charge in [-0.3, -0.25) is 4.79 Å². The van der Waals surface area contributed by atoms with Crippen LogP contribution in [-0.2, 0) is 5.33 Å². The summed E-state index contributed by atoms with van der Waals surface area (Å²) in [6.45, 7) is 0. The normalized spacial score (nSPS) is 10.9. The smallest absolute Gasteiger partial charge is 0.185 e. The highest BCUT2D eigenvalue weighted by Gasteiger charge is 2.02. The molecule has 17 heavy (non-hydrogen) atoms. The fourth-order valence-electron chi connectivity index (χ4n) is 1.45. The highest BCUT2D eigenvalue weighted by atomic mass is 79.9. The minimum Gasteiger partial charge on any atom is -0.289 e. The maximum absolute atomic E-state index is 11.8. The second-order valence-electron chi connectivity index (χ2n) is 3.51. The van der Waals surface area contributed by atoms with Crippen molar-refractivity contribution in [2.45, 2.75) is 5.33 Å². The van der Waals surface area contributed by atoms with Crippen LogP contribution < -0.4 is 0 Å². The third-order valence-electron chi connectivity index (χ3n) is 2.37. The van der Waals surface area contributed by atoms with Crippen LogP contribution >= 0.6 is 27.3 Å². The SMILES string of the molecule is O=C(/C=C/c1sccc1CBr)c1ccccc1. The van der Waals surface area contributed by atoms with E-state index < -0.39 is 0 Å². The first-order chi connectivity index (χ1) is 8.31. The second kappa shape index (κ2) is 5.94. The zero-order chi connectivity index (χ0) is 12.1. The van der Waals surface area contributed by atoms with Gasteiger partial charge in [0, 0.05) is 15.8 Å². The van der Waals surface area contributed by atoms with Crippen LogP contribution in [0, 0.1) is 0 Å². The van der Waals surface area contributed by atoms with E-state index in [1.807, 2.05) is 41.8 Å². The monoisotopic (exact) mass is 306 g/mol. The fourth-order valence-corrected chi connectivity index (χ4v) is 2.95. The lowest BCUT2D eigenvalue weighted by Crippen LogP contribution is -1.92. The zero-order valence-electron chi connectivity index (χ0n) is 9.10. The Balaban J connectivity index is 2.14. The number of alkyl halides is 1. The van der Waals surface area contributed by atoms with Crippen molar-refractivity contribution in [2.24, 2.45) is 0 Å². The van der Waals surface area contributed by atoms with Gasteiger partial charge in [0.05, 0.1) is 0 Å². The molecule has 0 spiro atoms. The van der Waals surface area contributed by atoms with Crippen LogP contribution in [0.15, 0.2) is 47.9 Å². The van der Waals surface area contributed by atoms with Gasteiger partial charge in [-0.25, -0.2) is 0 Å². The first kappa shape index (κ1) is 12.3. The van der Waals surface area contributed by atoms with Gasteiger partial charge < -0.3 is 0 Å². The topological polar surface area (TPSA) is 17.1 Å². The lowest BCUT2D eigenvalue weighted by Gasteiger charge is -1.95. The van der Waals surface area contributed by atoms with E-state index >= 15 is 0 Å². The molecule has 0 aliphatic carbocycles. The van der Waals surface area contributed by atoms with Gasteiger partial charge in [0.15, 0.2) is 5.78 Å². The standard InChI is InChI=1S/C14H11BrOS/c15-10-12-8-9-17-14(12)7-6-13(16)11-4-2-1-3-5-11/h1-9H,10H2/b7-6+. The van der Waals surface area contributed by atoms with Crippen molar-refractivity contribution in [1.82, 2.24) is 0 Å². The quantitative estimate of drug-likeness (QED) is 0.460. The highest BCUT2D eigenvalue weighted by molar-refractivity contribution is 9.08. The van der Waals surface area contributed by atoms with Crippen molar-refractivity contribution < 1.29 is 4.79 Å². The summed E-state index contributed by atoms with van der Waals surface area (Å²) in [5, 5.41) is 2.85. The largest absolute Gasteiger partial charge is 0.289 e. The van der Waals surface area contributed by atoms with Gasteiger partial charge in [0.1, 0.15) is 0 Å². The van der Waals surface area contributed by atoms with Crippen LogP contribution in [-0.4, -0.2) is 5.78 Å². The molecule has 86 valence electrons. The predicted molar refractivity (Wildman–Crippen MR) is 76.8 cm³/mol. The van der Waals surface area contributed by atoms with Gasteiger partial charge in [-0.15, -0.1) is 11.3 Å². The molecule has 0 aliphatic heterocycles. The van der Waals surface area contributed by atoms with Crippen LogP contribution in [0.5, 0.6) is 0 Å². The minimum atomic E-state index is 0.0412. The Labute approximate surface area is 113 Å². The van der Waals surface area contributed by atoms with Gasteiger partial charge in [-0.05, 0) is 29.2 Å². The third kappa shape index (κ3) is 3.14.